The SMILES string of the molecule is CCCCCCCC/C=C\c1cccc2ccccc12. The van der Waals surface area contributed by atoms with Crippen molar-refractivity contribution in [1.82, 2.24) is 0 Å². The summed E-state index contributed by atoms with van der Waals surface area (Å²) in [6, 6.07) is 15.1. The Morgan fingerprint density at radius 2 is 1.55 bits per heavy atom. The first-order valence-electron chi connectivity index (χ1n) is 8.06. The summed E-state index contributed by atoms with van der Waals surface area (Å²) in [5.74, 6) is 0. The molecule has 2 rings (SSSR count). The first-order valence-corrected chi connectivity index (χ1v) is 8.06. The normalized spacial score (nSPS) is 11.4. The average molecular weight is 266 g/mol. The fraction of sp³-hybridized carbons (Fsp3) is 0.400. The van der Waals surface area contributed by atoms with Gasteiger partial charge in [0.15, 0.2) is 0 Å². The van der Waals surface area contributed by atoms with E-state index in [1.807, 2.05) is 0 Å². The molecule has 0 bridgehead atoms. The summed E-state index contributed by atoms with van der Waals surface area (Å²) >= 11 is 0. The van der Waals surface area contributed by atoms with E-state index in [2.05, 4.69) is 61.5 Å². The third-order valence-corrected chi connectivity index (χ3v) is 3.85. The Morgan fingerprint density at radius 1 is 0.800 bits per heavy atom. The van der Waals surface area contributed by atoms with Gasteiger partial charge in [-0.25, -0.2) is 0 Å². The Bertz CT molecular complexity index is 531. The molecule has 0 radical (unpaired) electrons. The third-order valence-electron chi connectivity index (χ3n) is 3.85. The van der Waals surface area contributed by atoms with E-state index in [-0.39, 0.29) is 0 Å². The van der Waals surface area contributed by atoms with Crippen LogP contribution in [0.2, 0.25) is 0 Å². The number of unbranched alkanes of at least 4 members (excludes halogenated alkanes) is 6. The van der Waals surface area contributed by atoms with Crippen LogP contribution in [-0.2, 0) is 0 Å². The Kier molecular flexibility index (Phi) is 6.37. The molecule has 0 aliphatic carbocycles. The first-order chi connectivity index (χ1) is 9.92. The maximum Gasteiger partial charge on any atom is -0.0112 e. The zero-order valence-electron chi connectivity index (χ0n) is 12.6. The fourth-order valence-corrected chi connectivity index (χ4v) is 2.65. The van der Waals surface area contributed by atoms with Gasteiger partial charge < -0.3 is 0 Å². The molecule has 0 N–H and O–H groups in total. The van der Waals surface area contributed by atoms with E-state index in [0.717, 1.165) is 0 Å². The van der Waals surface area contributed by atoms with Crippen molar-refractivity contribution in [3.63, 3.8) is 0 Å². The molecule has 0 saturated carbocycles. The van der Waals surface area contributed by atoms with E-state index >= 15 is 0 Å². The van der Waals surface area contributed by atoms with Crippen molar-refractivity contribution in [2.75, 3.05) is 0 Å². The van der Waals surface area contributed by atoms with Crippen molar-refractivity contribution in [1.29, 1.82) is 0 Å². The zero-order chi connectivity index (χ0) is 14.0. The van der Waals surface area contributed by atoms with E-state index in [9.17, 15) is 0 Å². The smallest absolute Gasteiger partial charge is 0.0112 e. The lowest BCUT2D eigenvalue weighted by Crippen LogP contribution is -1.79. The highest BCUT2D eigenvalue weighted by Gasteiger charge is 1.95. The van der Waals surface area contributed by atoms with Gasteiger partial charge in [-0.3, -0.25) is 0 Å². The minimum atomic E-state index is 1.20. The van der Waals surface area contributed by atoms with Gasteiger partial charge in [-0.05, 0) is 29.2 Å². The highest BCUT2D eigenvalue weighted by atomic mass is 14.0. The molecule has 0 unspecified atom stereocenters. The van der Waals surface area contributed by atoms with Gasteiger partial charge in [-0.2, -0.15) is 0 Å². The van der Waals surface area contributed by atoms with Gasteiger partial charge in [0.2, 0.25) is 0 Å². The zero-order valence-corrected chi connectivity index (χ0v) is 12.6. The van der Waals surface area contributed by atoms with Crippen LogP contribution in [0.3, 0.4) is 0 Å². The van der Waals surface area contributed by atoms with Crippen molar-refractivity contribution in [3.8, 4) is 0 Å². The first kappa shape index (κ1) is 14.8. The van der Waals surface area contributed by atoms with Crippen LogP contribution in [0.25, 0.3) is 16.8 Å². The van der Waals surface area contributed by atoms with Gasteiger partial charge >= 0.3 is 0 Å². The lowest BCUT2D eigenvalue weighted by Gasteiger charge is -2.02. The average Bonchev–Trinajstić information content (AvgIpc) is 2.50. The Labute approximate surface area is 123 Å². The predicted octanol–water partition coefficient (Wildman–Crippen LogP) is 6.60. The molecule has 0 amide bonds. The van der Waals surface area contributed by atoms with Crippen molar-refractivity contribution < 1.29 is 0 Å². The van der Waals surface area contributed by atoms with Gasteiger partial charge in [0.05, 0.1) is 0 Å². The Morgan fingerprint density at radius 3 is 2.45 bits per heavy atom. The second kappa shape index (κ2) is 8.58. The third kappa shape index (κ3) is 4.52. The summed E-state index contributed by atoms with van der Waals surface area (Å²) in [7, 11) is 0. The van der Waals surface area contributed by atoms with E-state index in [0.29, 0.717) is 0 Å². The number of allylic oxidation sites excluding steroid dienone is 1. The number of benzene rings is 2. The summed E-state index contributed by atoms with van der Waals surface area (Å²) < 4.78 is 0. The lowest BCUT2D eigenvalue weighted by molar-refractivity contribution is 0.611. The van der Waals surface area contributed by atoms with E-state index in [1.54, 1.807) is 0 Å². The van der Waals surface area contributed by atoms with E-state index in [4.69, 9.17) is 0 Å². The molecular formula is C20H26. The maximum atomic E-state index is 2.33. The van der Waals surface area contributed by atoms with Crippen molar-refractivity contribution in [2.24, 2.45) is 0 Å². The minimum absolute atomic E-state index is 1.20. The Hall–Kier alpha value is -1.56. The molecule has 2 aromatic carbocycles. The van der Waals surface area contributed by atoms with Gasteiger partial charge in [0.1, 0.15) is 0 Å². The van der Waals surface area contributed by atoms with Gasteiger partial charge in [0.25, 0.3) is 0 Å². The molecular weight excluding hydrogens is 240 g/mol. The van der Waals surface area contributed by atoms with E-state index < -0.39 is 0 Å². The fourth-order valence-electron chi connectivity index (χ4n) is 2.65. The molecule has 20 heavy (non-hydrogen) atoms. The van der Waals surface area contributed by atoms with Crippen LogP contribution in [-0.4, -0.2) is 0 Å². The summed E-state index contributed by atoms with van der Waals surface area (Å²) in [5, 5.41) is 2.68. The molecule has 0 heteroatoms. The second-order valence-corrected chi connectivity index (χ2v) is 5.53. The summed E-state index contributed by atoms with van der Waals surface area (Å²) in [6.07, 6.45) is 14.1. The molecule has 0 spiro atoms. The van der Waals surface area contributed by atoms with Crippen LogP contribution in [0, 0.1) is 0 Å². The van der Waals surface area contributed by atoms with Gasteiger partial charge in [-0.15, -0.1) is 0 Å². The van der Waals surface area contributed by atoms with Crippen LogP contribution in [0.15, 0.2) is 48.5 Å². The summed E-state index contributed by atoms with van der Waals surface area (Å²) in [4.78, 5) is 0. The summed E-state index contributed by atoms with van der Waals surface area (Å²) in [6.45, 7) is 2.27. The highest BCUT2D eigenvalue weighted by molar-refractivity contribution is 5.90. The molecule has 0 aliphatic rings. The number of hydrogen-bond acceptors (Lipinski definition) is 0. The number of fused-ring (bicyclic) bond motifs is 1. The van der Waals surface area contributed by atoms with Crippen molar-refractivity contribution >= 4 is 16.8 Å². The van der Waals surface area contributed by atoms with E-state index in [1.165, 1.54) is 61.3 Å². The number of rotatable bonds is 8. The van der Waals surface area contributed by atoms with Crippen LogP contribution < -0.4 is 0 Å². The predicted molar refractivity (Wildman–Crippen MR) is 91.0 cm³/mol. The second-order valence-electron chi connectivity index (χ2n) is 5.53. The molecule has 0 aromatic heterocycles. The standard InChI is InChI=1S/C20H26/c1-2-3-4-5-6-7-8-9-13-18-15-12-16-19-14-10-11-17-20(18)19/h9-17H,2-8H2,1H3/b13-9-. The Balaban J connectivity index is 1.81. The summed E-state index contributed by atoms with van der Waals surface area (Å²) in [5.41, 5.74) is 1.34. The molecule has 2 aromatic rings. The van der Waals surface area contributed by atoms with Crippen molar-refractivity contribution in [2.45, 2.75) is 51.9 Å². The van der Waals surface area contributed by atoms with Crippen LogP contribution >= 0.6 is 0 Å². The van der Waals surface area contributed by atoms with Crippen LogP contribution in [0.4, 0.5) is 0 Å². The molecule has 0 aliphatic heterocycles. The molecule has 0 atom stereocenters. The topological polar surface area (TPSA) is 0 Å². The molecule has 0 fully saturated rings. The van der Waals surface area contributed by atoms with Crippen LogP contribution in [0.1, 0.15) is 57.4 Å². The van der Waals surface area contributed by atoms with Crippen LogP contribution in [0.5, 0.6) is 0 Å². The molecule has 0 nitrogen and oxygen atoms in total. The maximum absolute atomic E-state index is 2.33. The quantitative estimate of drug-likeness (QED) is 0.472. The van der Waals surface area contributed by atoms with Crippen molar-refractivity contribution in [3.05, 3.63) is 54.1 Å². The highest BCUT2D eigenvalue weighted by Crippen LogP contribution is 2.20. The largest absolute Gasteiger partial charge is 0.0839 e. The lowest BCUT2D eigenvalue weighted by atomic mass is 10.0. The van der Waals surface area contributed by atoms with Gasteiger partial charge in [0, 0.05) is 0 Å². The molecule has 0 saturated heterocycles. The minimum Gasteiger partial charge on any atom is -0.0839 e. The van der Waals surface area contributed by atoms with Gasteiger partial charge in [-0.1, -0.05) is 93.6 Å². The molecule has 106 valence electrons. The monoisotopic (exact) mass is 266 g/mol. The molecule has 0 heterocycles. The number of hydrogen-bond donors (Lipinski definition) is 0.